The van der Waals surface area contributed by atoms with Crippen molar-refractivity contribution in [3.8, 4) is 11.6 Å². The number of hydrogen-bond donors (Lipinski definition) is 1. The largest absolute Gasteiger partial charge is 0.441 e. The SMILES string of the molecule is S=c1nccc(Oc2ccccc2)[nH]1. The molecule has 14 heavy (non-hydrogen) atoms. The van der Waals surface area contributed by atoms with Crippen LogP contribution in [0, 0.1) is 4.77 Å². The van der Waals surface area contributed by atoms with Crippen molar-refractivity contribution in [2.75, 3.05) is 0 Å². The summed E-state index contributed by atoms with van der Waals surface area (Å²) < 4.78 is 5.91. The lowest BCUT2D eigenvalue weighted by Gasteiger charge is -2.03. The second-order valence-electron chi connectivity index (χ2n) is 2.65. The van der Waals surface area contributed by atoms with E-state index in [1.54, 1.807) is 12.3 Å². The van der Waals surface area contributed by atoms with Gasteiger partial charge in [-0.05, 0) is 24.4 Å². The molecule has 0 saturated carbocycles. The maximum absolute atomic E-state index is 5.50. The molecule has 0 radical (unpaired) electrons. The summed E-state index contributed by atoms with van der Waals surface area (Å²) in [5.74, 6) is 1.36. The molecule has 0 aliphatic carbocycles. The van der Waals surface area contributed by atoms with Crippen molar-refractivity contribution >= 4 is 12.2 Å². The number of para-hydroxylation sites is 1. The fraction of sp³-hybridized carbons (Fsp3) is 0. The Labute approximate surface area is 86.4 Å². The van der Waals surface area contributed by atoms with Crippen molar-refractivity contribution in [3.63, 3.8) is 0 Å². The van der Waals surface area contributed by atoms with Crippen LogP contribution in [0.15, 0.2) is 42.6 Å². The molecule has 0 bridgehead atoms. The lowest BCUT2D eigenvalue weighted by atomic mass is 10.3. The molecule has 0 aliphatic heterocycles. The Bertz CT molecular complexity index is 467. The van der Waals surface area contributed by atoms with Crippen molar-refractivity contribution in [1.82, 2.24) is 9.97 Å². The van der Waals surface area contributed by atoms with Crippen LogP contribution in [0.5, 0.6) is 11.6 Å². The number of nitrogens with one attached hydrogen (secondary N) is 1. The summed E-state index contributed by atoms with van der Waals surface area (Å²) in [6.45, 7) is 0. The fourth-order valence-corrected chi connectivity index (χ4v) is 1.19. The van der Waals surface area contributed by atoms with Crippen LogP contribution in [0.3, 0.4) is 0 Å². The predicted molar refractivity (Wildman–Crippen MR) is 55.9 cm³/mol. The van der Waals surface area contributed by atoms with E-state index in [1.165, 1.54) is 0 Å². The predicted octanol–water partition coefficient (Wildman–Crippen LogP) is 2.93. The van der Waals surface area contributed by atoms with Crippen LogP contribution < -0.4 is 4.74 Å². The van der Waals surface area contributed by atoms with Gasteiger partial charge in [-0.1, -0.05) is 18.2 Å². The first kappa shape index (κ1) is 8.90. The first-order chi connectivity index (χ1) is 6.84. The van der Waals surface area contributed by atoms with Crippen LogP contribution in [0.25, 0.3) is 0 Å². The van der Waals surface area contributed by atoms with Gasteiger partial charge in [0.1, 0.15) is 5.75 Å². The Morgan fingerprint density at radius 1 is 1.14 bits per heavy atom. The molecule has 0 fully saturated rings. The summed E-state index contributed by atoms with van der Waals surface area (Å²) in [4.78, 5) is 6.70. The van der Waals surface area contributed by atoms with Crippen molar-refractivity contribution in [3.05, 3.63) is 47.4 Å². The summed E-state index contributed by atoms with van der Waals surface area (Å²) in [6, 6.07) is 11.2. The van der Waals surface area contributed by atoms with Crippen LogP contribution in [-0.2, 0) is 0 Å². The zero-order valence-corrected chi connectivity index (χ0v) is 8.12. The summed E-state index contributed by atoms with van der Waals surface area (Å²) in [5.41, 5.74) is 0. The average Bonchev–Trinajstić information content (AvgIpc) is 2.19. The second kappa shape index (κ2) is 4.02. The first-order valence-electron chi connectivity index (χ1n) is 4.13. The Balaban J connectivity index is 2.24. The molecule has 1 heterocycles. The molecule has 3 nitrogen and oxygen atoms in total. The summed E-state index contributed by atoms with van der Waals surface area (Å²) >= 11 is 4.87. The molecule has 0 aliphatic rings. The van der Waals surface area contributed by atoms with Gasteiger partial charge in [0.15, 0.2) is 4.77 Å². The van der Waals surface area contributed by atoms with E-state index in [9.17, 15) is 0 Å². The third kappa shape index (κ3) is 2.17. The molecule has 2 aromatic rings. The van der Waals surface area contributed by atoms with Gasteiger partial charge in [-0.25, -0.2) is 4.98 Å². The Hall–Kier alpha value is -1.68. The molecular weight excluding hydrogens is 196 g/mol. The zero-order valence-electron chi connectivity index (χ0n) is 7.31. The maximum Gasteiger partial charge on any atom is 0.201 e. The van der Waals surface area contributed by atoms with Gasteiger partial charge in [-0.2, -0.15) is 0 Å². The maximum atomic E-state index is 5.50. The number of rotatable bonds is 2. The zero-order chi connectivity index (χ0) is 9.80. The van der Waals surface area contributed by atoms with E-state index >= 15 is 0 Å². The molecule has 70 valence electrons. The molecule has 4 heteroatoms. The van der Waals surface area contributed by atoms with Crippen molar-refractivity contribution in [2.45, 2.75) is 0 Å². The first-order valence-corrected chi connectivity index (χ1v) is 4.54. The van der Waals surface area contributed by atoms with Gasteiger partial charge in [-0.15, -0.1) is 0 Å². The minimum atomic E-state index is 0.415. The second-order valence-corrected chi connectivity index (χ2v) is 3.04. The number of H-pyrrole nitrogens is 1. The van der Waals surface area contributed by atoms with Crippen LogP contribution in [0.4, 0.5) is 0 Å². The number of nitrogens with zero attached hydrogens (tertiary/aromatic N) is 1. The lowest BCUT2D eigenvalue weighted by molar-refractivity contribution is 0.460. The van der Waals surface area contributed by atoms with Crippen molar-refractivity contribution in [1.29, 1.82) is 0 Å². The Kier molecular flexibility index (Phi) is 2.55. The van der Waals surface area contributed by atoms with E-state index in [4.69, 9.17) is 17.0 Å². The number of hydrogen-bond acceptors (Lipinski definition) is 3. The van der Waals surface area contributed by atoms with E-state index in [2.05, 4.69) is 9.97 Å². The fourth-order valence-electron chi connectivity index (χ4n) is 1.03. The number of aromatic nitrogens is 2. The van der Waals surface area contributed by atoms with Crippen molar-refractivity contribution < 1.29 is 4.74 Å². The van der Waals surface area contributed by atoms with Crippen LogP contribution in [0.2, 0.25) is 0 Å². The van der Waals surface area contributed by atoms with Gasteiger partial charge in [0.2, 0.25) is 5.88 Å². The van der Waals surface area contributed by atoms with Crippen molar-refractivity contribution in [2.24, 2.45) is 0 Å². The van der Waals surface area contributed by atoms with Crippen LogP contribution in [0.1, 0.15) is 0 Å². The van der Waals surface area contributed by atoms with Gasteiger partial charge in [0.25, 0.3) is 0 Å². The van der Waals surface area contributed by atoms with E-state index in [-0.39, 0.29) is 0 Å². The highest BCUT2D eigenvalue weighted by molar-refractivity contribution is 7.71. The topological polar surface area (TPSA) is 37.9 Å². The molecule has 0 amide bonds. The van der Waals surface area contributed by atoms with Gasteiger partial charge in [0.05, 0.1) is 0 Å². The number of aromatic amines is 1. The smallest absolute Gasteiger partial charge is 0.201 e. The van der Waals surface area contributed by atoms with Crippen LogP contribution in [-0.4, -0.2) is 9.97 Å². The van der Waals surface area contributed by atoms with Gasteiger partial charge < -0.3 is 9.72 Å². The van der Waals surface area contributed by atoms with E-state index in [0.29, 0.717) is 10.7 Å². The van der Waals surface area contributed by atoms with Gasteiger partial charge >= 0.3 is 0 Å². The van der Waals surface area contributed by atoms with E-state index in [1.807, 2.05) is 30.3 Å². The summed E-state index contributed by atoms with van der Waals surface area (Å²) in [5, 5.41) is 0. The highest BCUT2D eigenvalue weighted by Crippen LogP contribution is 2.16. The summed E-state index contributed by atoms with van der Waals surface area (Å²) in [7, 11) is 0. The third-order valence-corrected chi connectivity index (χ3v) is 1.83. The minimum absolute atomic E-state index is 0.415. The molecule has 1 aromatic heterocycles. The van der Waals surface area contributed by atoms with E-state index < -0.39 is 0 Å². The number of benzene rings is 1. The molecule has 1 aromatic carbocycles. The number of ether oxygens (including phenoxy) is 1. The molecule has 0 unspecified atom stereocenters. The van der Waals surface area contributed by atoms with Gasteiger partial charge in [-0.3, -0.25) is 0 Å². The molecule has 1 N–H and O–H groups in total. The minimum Gasteiger partial charge on any atom is -0.441 e. The molecular formula is C10H8N2OS. The molecule has 2 rings (SSSR count). The molecule has 0 atom stereocenters. The van der Waals surface area contributed by atoms with Gasteiger partial charge in [0, 0.05) is 12.3 Å². The lowest BCUT2D eigenvalue weighted by Crippen LogP contribution is -1.88. The quantitative estimate of drug-likeness (QED) is 0.764. The third-order valence-electron chi connectivity index (χ3n) is 1.62. The monoisotopic (exact) mass is 204 g/mol. The Morgan fingerprint density at radius 3 is 2.64 bits per heavy atom. The van der Waals surface area contributed by atoms with E-state index in [0.717, 1.165) is 5.75 Å². The van der Waals surface area contributed by atoms with Crippen LogP contribution >= 0.6 is 12.2 Å². The molecule has 0 saturated heterocycles. The standard InChI is InChI=1S/C10H8N2OS/c14-10-11-7-6-9(12-10)13-8-4-2-1-3-5-8/h1-7H,(H,11,12,14). The molecule has 0 spiro atoms. The Morgan fingerprint density at radius 2 is 1.93 bits per heavy atom. The summed E-state index contributed by atoms with van der Waals surface area (Å²) in [6.07, 6.45) is 1.61. The average molecular weight is 204 g/mol. The highest BCUT2D eigenvalue weighted by atomic mass is 32.1. The normalized spacial score (nSPS) is 9.71. The highest BCUT2D eigenvalue weighted by Gasteiger charge is 1.94.